The molecule has 194 valence electrons. The molecule has 0 radical (unpaired) electrons. The Kier molecular flexibility index (Phi) is 8.25. The van der Waals surface area contributed by atoms with Gasteiger partial charge in [0.2, 0.25) is 5.91 Å². The molecule has 4 rings (SSSR count). The first-order chi connectivity index (χ1) is 17.3. The Morgan fingerprint density at radius 3 is 2.75 bits per heavy atom. The Bertz CT molecular complexity index is 1110. The van der Waals surface area contributed by atoms with E-state index in [0.29, 0.717) is 40.0 Å². The highest BCUT2D eigenvalue weighted by molar-refractivity contribution is 8.16. The molecule has 36 heavy (non-hydrogen) atoms. The normalized spacial score (nSPS) is 21.2. The molecular formula is C26H33N3O6S. The van der Waals surface area contributed by atoms with E-state index in [4.69, 9.17) is 23.9 Å². The predicted molar refractivity (Wildman–Crippen MR) is 138 cm³/mol. The molecule has 3 aliphatic heterocycles. The van der Waals surface area contributed by atoms with E-state index in [0.717, 1.165) is 25.1 Å². The van der Waals surface area contributed by atoms with Crippen LogP contribution in [-0.2, 0) is 19.1 Å². The van der Waals surface area contributed by atoms with Gasteiger partial charge in [0.05, 0.1) is 50.2 Å². The minimum Gasteiger partial charge on any atom is -0.497 e. The van der Waals surface area contributed by atoms with E-state index in [2.05, 4.69) is 5.32 Å². The van der Waals surface area contributed by atoms with Crippen LogP contribution in [0, 0.1) is 0 Å². The Labute approximate surface area is 215 Å². The number of rotatable bonds is 9. The Hall–Kier alpha value is -2.98. The van der Waals surface area contributed by atoms with Crippen molar-refractivity contribution in [3.8, 4) is 11.5 Å². The van der Waals surface area contributed by atoms with Crippen LogP contribution in [0.1, 0.15) is 51.6 Å². The second-order valence-electron chi connectivity index (χ2n) is 9.07. The number of methoxy groups -OCH3 is 2. The van der Waals surface area contributed by atoms with E-state index >= 15 is 0 Å². The summed E-state index contributed by atoms with van der Waals surface area (Å²) >= 11 is 1.42. The number of fused-ring (bicyclic) bond motifs is 1. The highest BCUT2D eigenvalue weighted by atomic mass is 32.2. The van der Waals surface area contributed by atoms with Crippen LogP contribution in [0.25, 0.3) is 0 Å². The van der Waals surface area contributed by atoms with E-state index < -0.39 is 12.0 Å². The molecule has 1 aromatic carbocycles. The molecule has 0 aliphatic carbocycles. The van der Waals surface area contributed by atoms with Crippen molar-refractivity contribution >= 4 is 28.8 Å². The number of hydrogen-bond donors (Lipinski definition) is 1. The number of amides is 1. The highest BCUT2D eigenvalue weighted by Crippen LogP contribution is 2.47. The second kappa shape index (κ2) is 11.4. The van der Waals surface area contributed by atoms with Gasteiger partial charge in [-0.3, -0.25) is 4.79 Å². The number of benzene rings is 1. The molecule has 1 N–H and O–H groups in total. The SMILES string of the molecule is COc1ccc(OC)c([C@H]2C(C(=O)OC(C)C)=C(C)N=C3SC=C(CC(=O)NC[C@H]4CCCO4)N32)c1. The zero-order valence-corrected chi connectivity index (χ0v) is 22.1. The summed E-state index contributed by atoms with van der Waals surface area (Å²) in [6.07, 6.45) is 1.85. The van der Waals surface area contributed by atoms with Crippen LogP contribution in [0.15, 0.2) is 45.6 Å². The zero-order chi connectivity index (χ0) is 25.8. The molecule has 2 atom stereocenters. The first-order valence-corrected chi connectivity index (χ1v) is 13.0. The van der Waals surface area contributed by atoms with Crippen LogP contribution in [0.4, 0.5) is 0 Å². The largest absolute Gasteiger partial charge is 0.497 e. The van der Waals surface area contributed by atoms with Crippen molar-refractivity contribution in [3.05, 3.63) is 46.1 Å². The monoisotopic (exact) mass is 515 g/mol. The van der Waals surface area contributed by atoms with Crippen molar-refractivity contribution in [2.24, 2.45) is 4.99 Å². The fourth-order valence-electron chi connectivity index (χ4n) is 4.52. The van der Waals surface area contributed by atoms with E-state index in [1.807, 2.05) is 30.2 Å². The quantitative estimate of drug-likeness (QED) is 0.494. The molecule has 0 bridgehead atoms. The summed E-state index contributed by atoms with van der Waals surface area (Å²) in [6, 6.07) is 4.85. The van der Waals surface area contributed by atoms with Crippen molar-refractivity contribution < 1.29 is 28.5 Å². The van der Waals surface area contributed by atoms with Gasteiger partial charge >= 0.3 is 5.97 Å². The molecule has 9 nitrogen and oxygen atoms in total. The van der Waals surface area contributed by atoms with Crippen LogP contribution >= 0.6 is 11.8 Å². The standard InChI is InChI=1S/C26H33N3O6S/c1-15(2)35-25(31)23-16(3)28-26-29(24(23)20-12-18(32-4)8-9-21(20)33-5)17(14-36-26)11-22(30)27-13-19-7-6-10-34-19/h8-9,12,14-15,19,24H,6-7,10-11,13H2,1-5H3,(H,27,30)/t19-,24+/m1/s1. The average molecular weight is 516 g/mol. The van der Waals surface area contributed by atoms with Gasteiger partial charge in [0.15, 0.2) is 5.17 Å². The summed E-state index contributed by atoms with van der Waals surface area (Å²) in [4.78, 5) is 32.9. The van der Waals surface area contributed by atoms with Crippen molar-refractivity contribution in [3.63, 3.8) is 0 Å². The molecule has 1 fully saturated rings. The molecule has 1 saturated heterocycles. The van der Waals surface area contributed by atoms with Gasteiger partial charge in [0, 0.05) is 24.4 Å². The molecule has 1 aromatic rings. The van der Waals surface area contributed by atoms with Gasteiger partial charge in [0.25, 0.3) is 0 Å². The number of hydrogen-bond acceptors (Lipinski definition) is 9. The first-order valence-electron chi connectivity index (χ1n) is 12.1. The van der Waals surface area contributed by atoms with E-state index in [-0.39, 0.29) is 24.5 Å². The number of nitrogens with one attached hydrogen (secondary N) is 1. The third kappa shape index (κ3) is 5.54. The lowest BCUT2D eigenvalue weighted by atomic mass is 9.92. The number of esters is 1. The van der Waals surface area contributed by atoms with Crippen molar-refractivity contribution in [1.82, 2.24) is 10.2 Å². The summed E-state index contributed by atoms with van der Waals surface area (Å²) in [5, 5.41) is 5.58. The molecule has 3 heterocycles. The van der Waals surface area contributed by atoms with Gasteiger partial charge in [-0.2, -0.15) is 0 Å². The molecule has 1 amide bonds. The number of nitrogens with zero attached hydrogens (tertiary/aromatic N) is 2. The minimum atomic E-state index is -0.610. The van der Waals surface area contributed by atoms with E-state index in [9.17, 15) is 9.59 Å². The van der Waals surface area contributed by atoms with E-state index in [1.54, 1.807) is 33.3 Å². The Morgan fingerprint density at radius 2 is 2.08 bits per heavy atom. The Morgan fingerprint density at radius 1 is 1.28 bits per heavy atom. The smallest absolute Gasteiger partial charge is 0.338 e. The number of aliphatic imine (C=N–C) groups is 1. The van der Waals surface area contributed by atoms with Crippen molar-refractivity contribution in [1.29, 1.82) is 0 Å². The van der Waals surface area contributed by atoms with Crippen LogP contribution in [-0.4, -0.2) is 61.5 Å². The van der Waals surface area contributed by atoms with Gasteiger partial charge < -0.3 is 29.2 Å². The number of ether oxygens (including phenoxy) is 4. The van der Waals surface area contributed by atoms with Crippen LogP contribution in [0.3, 0.4) is 0 Å². The maximum atomic E-state index is 13.4. The molecule has 0 aromatic heterocycles. The molecule has 3 aliphatic rings. The van der Waals surface area contributed by atoms with Gasteiger partial charge in [-0.1, -0.05) is 11.8 Å². The minimum absolute atomic E-state index is 0.0600. The van der Waals surface area contributed by atoms with E-state index in [1.165, 1.54) is 11.8 Å². The fraction of sp³-hybridized carbons (Fsp3) is 0.500. The lowest BCUT2D eigenvalue weighted by Gasteiger charge is -2.37. The predicted octanol–water partition coefficient (Wildman–Crippen LogP) is 3.92. The van der Waals surface area contributed by atoms with Crippen LogP contribution < -0.4 is 14.8 Å². The third-order valence-electron chi connectivity index (χ3n) is 6.19. The summed E-state index contributed by atoms with van der Waals surface area (Å²) in [5.74, 6) is 0.631. The molecule has 10 heteroatoms. The average Bonchev–Trinajstić information content (AvgIpc) is 3.51. The number of amidine groups is 1. The van der Waals surface area contributed by atoms with Crippen molar-refractivity contribution in [2.45, 2.75) is 58.3 Å². The summed E-state index contributed by atoms with van der Waals surface area (Å²) in [5.41, 5.74) is 2.41. The maximum Gasteiger partial charge on any atom is 0.338 e. The first kappa shape index (κ1) is 26.1. The third-order valence-corrected chi connectivity index (χ3v) is 7.08. The zero-order valence-electron chi connectivity index (χ0n) is 21.3. The van der Waals surface area contributed by atoms with Crippen molar-refractivity contribution in [2.75, 3.05) is 27.4 Å². The van der Waals surface area contributed by atoms with Crippen LogP contribution in [0.5, 0.6) is 11.5 Å². The number of allylic oxidation sites excluding steroid dienone is 1. The van der Waals surface area contributed by atoms with Gasteiger partial charge in [0.1, 0.15) is 11.5 Å². The molecule has 0 unspecified atom stereocenters. The summed E-state index contributed by atoms with van der Waals surface area (Å²) in [6.45, 7) is 6.64. The second-order valence-corrected chi connectivity index (χ2v) is 9.91. The molecular weight excluding hydrogens is 482 g/mol. The fourth-order valence-corrected chi connectivity index (χ4v) is 5.48. The summed E-state index contributed by atoms with van der Waals surface area (Å²) in [7, 11) is 3.17. The number of carbonyl (C=O) groups excluding carboxylic acids is 2. The lowest BCUT2D eigenvalue weighted by Crippen LogP contribution is -2.39. The number of thioether (sulfide) groups is 1. The molecule has 0 saturated carbocycles. The Balaban J connectivity index is 1.69. The van der Waals surface area contributed by atoms with Gasteiger partial charge in [-0.05, 0) is 57.2 Å². The highest BCUT2D eigenvalue weighted by Gasteiger charge is 2.42. The molecule has 0 spiro atoms. The number of carbonyl (C=O) groups is 2. The maximum absolute atomic E-state index is 13.4. The van der Waals surface area contributed by atoms with Crippen LogP contribution in [0.2, 0.25) is 0 Å². The lowest BCUT2D eigenvalue weighted by molar-refractivity contribution is -0.143. The summed E-state index contributed by atoms with van der Waals surface area (Å²) < 4.78 is 22.4. The van der Waals surface area contributed by atoms with Gasteiger partial charge in [-0.25, -0.2) is 9.79 Å². The topological polar surface area (TPSA) is 98.7 Å². The van der Waals surface area contributed by atoms with Gasteiger partial charge in [-0.15, -0.1) is 0 Å².